The number of ether oxygens (including phenoxy) is 5. The van der Waals surface area contributed by atoms with Gasteiger partial charge in [0.1, 0.15) is 35.4 Å². The number of hydrogen-bond acceptors (Lipinski definition) is 12. The van der Waals surface area contributed by atoms with E-state index in [2.05, 4.69) is 4.99 Å². The molecule has 0 amide bonds. The highest BCUT2D eigenvalue weighted by Gasteiger charge is 2.44. The Balaban J connectivity index is 1.41. The number of nitrogens with zero attached hydrogens (tertiary/aromatic N) is 1. The van der Waals surface area contributed by atoms with Crippen LogP contribution in [-0.2, 0) is 23.7 Å². The number of aliphatic carboxylic acids is 1. The topological polar surface area (TPSA) is 177 Å². The van der Waals surface area contributed by atoms with Gasteiger partial charge in [-0.05, 0) is 19.1 Å². The summed E-state index contributed by atoms with van der Waals surface area (Å²) in [5, 5.41) is 50.6. The van der Waals surface area contributed by atoms with Crippen molar-refractivity contribution in [2.24, 2.45) is 10.9 Å². The fourth-order valence-electron chi connectivity index (χ4n) is 3.95. The van der Waals surface area contributed by atoms with Gasteiger partial charge in [0.2, 0.25) is 0 Å². The number of carbonyl (C=O) groups is 1. The van der Waals surface area contributed by atoms with Gasteiger partial charge in [-0.25, -0.2) is 4.79 Å². The smallest absolute Gasteiger partial charge is 0.332 e. The Bertz CT molecular complexity index is 947. The molecule has 13 heteroatoms. The summed E-state index contributed by atoms with van der Waals surface area (Å²) in [5.41, 5.74) is -0.769. The second-order valence-electron chi connectivity index (χ2n) is 9.06. The minimum Gasteiger partial charge on any atom is -0.507 e. The quantitative estimate of drug-likeness (QED) is 0.226. The van der Waals surface area contributed by atoms with Crippen molar-refractivity contribution < 1.29 is 54.0 Å². The average molecular weight is 546 g/mol. The third-order valence-corrected chi connectivity index (χ3v) is 7.63. The zero-order valence-corrected chi connectivity index (χ0v) is 21.8. The molecule has 1 fully saturated rings. The van der Waals surface area contributed by atoms with Crippen molar-refractivity contribution >= 4 is 22.8 Å². The van der Waals surface area contributed by atoms with Crippen molar-refractivity contribution in [1.82, 2.24) is 0 Å². The summed E-state index contributed by atoms with van der Waals surface area (Å²) in [6.45, 7) is 3.53. The van der Waals surface area contributed by atoms with Crippen LogP contribution in [0, 0.1) is 5.92 Å². The molecule has 0 bridgehead atoms. The van der Waals surface area contributed by atoms with Gasteiger partial charge in [-0.15, -0.1) is 11.8 Å². The molecule has 12 nitrogen and oxygen atoms in total. The normalized spacial score (nSPS) is 32.1. The molecular formula is C24H35NO11S. The van der Waals surface area contributed by atoms with E-state index in [4.69, 9.17) is 23.7 Å². The standard InChI is InChI=1S/C24H35NO11S/c1-13-17(11-26)36-22(19(29)20(32-3)18(13)28)35-9-7-33-6-8-34-14-4-5-15(16(27)10-14)21-25-24(2,12-37-21)23(30)31/h4-5,10,13,17-20,22,26-29H,6-9,11-12H2,1-3H3,(H,30,31). The van der Waals surface area contributed by atoms with Crippen LogP contribution >= 0.6 is 11.8 Å². The van der Waals surface area contributed by atoms with Crippen molar-refractivity contribution in [1.29, 1.82) is 0 Å². The molecule has 7 atom stereocenters. The molecule has 37 heavy (non-hydrogen) atoms. The molecule has 7 unspecified atom stereocenters. The predicted octanol–water partition coefficient (Wildman–Crippen LogP) is 0.231. The SMILES string of the molecule is COC1C(O)C(OCCOCCOc2ccc(C3=NC(C)(C(=O)O)CS3)c(O)c2)OC(CO)C(C)C1O. The first-order valence-corrected chi connectivity index (χ1v) is 12.9. The lowest BCUT2D eigenvalue weighted by Crippen LogP contribution is -2.46. The predicted molar refractivity (Wildman–Crippen MR) is 133 cm³/mol. The Labute approximate surface area is 219 Å². The minimum atomic E-state index is -1.26. The lowest BCUT2D eigenvalue weighted by molar-refractivity contribution is -0.235. The number of aromatic hydroxyl groups is 1. The molecule has 3 rings (SSSR count). The summed E-state index contributed by atoms with van der Waals surface area (Å²) in [5.74, 6) is -0.855. The molecule has 208 valence electrons. The molecule has 0 aliphatic carbocycles. The van der Waals surface area contributed by atoms with Gasteiger partial charge in [-0.2, -0.15) is 0 Å². The first-order chi connectivity index (χ1) is 17.6. The van der Waals surface area contributed by atoms with Crippen LogP contribution in [0.2, 0.25) is 0 Å². The summed E-state index contributed by atoms with van der Waals surface area (Å²) in [6.07, 6.45) is -5.08. The number of phenols is 1. The third kappa shape index (κ3) is 7.12. The monoisotopic (exact) mass is 545 g/mol. The lowest BCUT2D eigenvalue weighted by Gasteiger charge is -2.28. The molecular weight excluding hydrogens is 510 g/mol. The first kappa shape index (κ1) is 29.6. The highest BCUT2D eigenvalue weighted by Crippen LogP contribution is 2.35. The van der Waals surface area contributed by atoms with Gasteiger partial charge in [0.15, 0.2) is 11.8 Å². The Kier molecular flexibility index (Phi) is 10.6. The molecule has 5 N–H and O–H groups in total. The van der Waals surface area contributed by atoms with E-state index in [1.165, 1.54) is 31.9 Å². The van der Waals surface area contributed by atoms with E-state index in [0.29, 0.717) is 16.4 Å². The largest absolute Gasteiger partial charge is 0.507 e. The van der Waals surface area contributed by atoms with Crippen molar-refractivity contribution in [2.75, 3.05) is 45.9 Å². The van der Waals surface area contributed by atoms with E-state index in [9.17, 15) is 30.3 Å². The Morgan fingerprint density at radius 2 is 1.95 bits per heavy atom. The molecule has 2 heterocycles. The van der Waals surface area contributed by atoms with Crippen LogP contribution < -0.4 is 4.74 Å². The molecule has 2 aliphatic rings. The zero-order chi connectivity index (χ0) is 27.2. The number of aliphatic imine (C=N–C) groups is 1. The molecule has 1 saturated heterocycles. The first-order valence-electron chi connectivity index (χ1n) is 11.9. The zero-order valence-electron chi connectivity index (χ0n) is 21.0. The van der Waals surface area contributed by atoms with Crippen LogP contribution in [-0.4, -0.2) is 119 Å². The lowest BCUT2D eigenvalue weighted by atomic mass is 9.93. The van der Waals surface area contributed by atoms with E-state index >= 15 is 0 Å². The maximum Gasteiger partial charge on any atom is 0.332 e. The molecule has 1 aromatic carbocycles. The number of aliphatic hydroxyl groups is 3. The maximum atomic E-state index is 11.4. The van der Waals surface area contributed by atoms with Crippen LogP contribution in [0.5, 0.6) is 11.5 Å². The van der Waals surface area contributed by atoms with Gasteiger partial charge in [0.05, 0.1) is 38.6 Å². The number of aliphatic hydroxyl groups excluding tert-OH is 3. The van der Waals surface area contributed by atoms with Crippen LogP contribution in [0.15, 0.2) is 23.2 Å². The van der Waals surface area contributed by atoms with E-state index < -0.39 is 48.1 Å². The number of phenolic OH excluding ortho intramolecular Hbond substituents is 1. The van der Waals surface area contributed by atoms with E-state index in [1.54, 1.807) is 19.1 Å². The van der Waals surface area contributed by atoms with Gasteiger partial charge in [0, 0.05) is 30.4 Å². The number of benzene rings is 1. The van der Waals surface area contributed by atoms with E-state index in [1.807, 2.05) is 0 Å². The summed E-state index contributed by atoms with van der Waals surface area (Å²) >= 11 is 1.27. The Morgan fingerprint density at radius 3 is 2.57 bits per heavy atom. The van der Waals surface area contributed by atoms with Gasteiger partial charge >= 0.3 is 5.97 Å². The fraction of sp³-hybridized carbons (Fsp3) is 0.667. The molecule has 1 aromatic rings. The van der Waals surface area contributed by atoms with Crippen molar-refractivity contribution in [2.45, 2.75) is 50.1 Å². The third-order valence-electron chi connectivity index (χ3n) is 6.34. The van der Waals surface area contributed by atoms with Crippen LogP contribution in [0.25, 0.3) is 0 Å². The van der Waals surface area contributed by atoms with Gasteiger partial charge in [-0.1, -0.05) is 6.92 Å². The van der Waals surface area contributed by atoms with Crippen LogP contribution in [0.1, 0.15) is 19.4 Å². The van der Waals surface area contributed by atoms with Gasteiger partial charge in [0.25, 0.3) is 0 Å². The number of thioether (sulfide) groups is 1. The molecule has 0 saturated carbocycles. The molecule has 0 spiro atoms. The fourth-order valence-corrected chi connectivity index (χ4v) is 5.15. The molecule has 2 aliphatic heterocycles. The number of carboxylic acids is 1. The number of hydrogen-bond donors (Lipinski definition) is 5. The second-order valence-corrected chi connectivity index (χ2v) is 10.0. The molecule has 0 radical (unpaired) electrons. The molecule has 0 aromatic heterocycles. The van der Waals surface area contributed by atoms with Gasteiger partial charge < -0.3 is 49.2 Å². The highest BCUT2D eigenvalue weighted by molar-refractivity contribution is 8.14. The van der Waals surface area contributed by atoms with E-state index in [-0.39, 0.29) is 44.5 Å². The van der Waals surface area contributed by atoms with Crippen molar-refractivity contribution in [3.05, 3.63) is 23.8 Å². The summed E-state index contributed by atoms with van der Waals surface area (Å²) in [7, 11) is 1.37. The van der Waals surface area contributed by atoms with Gasteiger partial charge in [-0.3, -0.25) is 4.99 Å². The maximum absolute atomic E-state index is 11.4. The Morgan fingerprint density at radius 1 is 1.22 bits per heavy atom. The van der Waals surface area contributed by atoms with Crippen LogP contribution in [0.3, 0.4) is 0 Å². The summed E-state index contributed by atoms with van der Waals surface area (Å²) < 4.78 is 27.5. The number of rotatable bonds is 12. The van der Waals surface area contributed by atoms with Crippen molar-refractivity contribution in [3.63, 3.8) is 0 Å². The summed E-state index contributed by atoms with van der Waals surface area (Å²) in [6, 6.07) is 4.71. The Hall–Kier alpha value is -1.97. The minimum absolute atomic E-state index is 0.0651. The highest BCUT2D eigenvalue weighted by atomic mass is 32.2. The summed E-state index contributed by atoms with van der Waals surface area (Å²) in [4.78, 5) is 15.6. The average Bonchev–Trinajstić information content (AvgIpc) is 3.24. The number of carboxylic acid groups (broad SMARTS) is 1. The second kappa shape index (κ2) is 13.2. The van der Waals surface area contributed by atoms with E-state index in [0.717, 1.165) is 0 Å². The van der Waals surface area contributed by atoms with Crippen molar-refractivity contribution in [3.8, 4) is 11.5 Å². The number of methoxy groups -OCH3 is 1. The van der Waals surface area contributed by atoms with Crippen LogP contribution in [0.4, 0.5) is 0 Å².